The standard InChI is InChI=1S/C37H42N2O6/c1-7-22-8-10-23(11-9-22)12-13-35(40)45-21-30-26-16-32(42-4)31(41-3)15-24(26)14-29-36-27-17-33(43-5)34(44-6)18-28(27)37(2)19-25(39(36)37)20-38(29)30/h8-13,15-18,25,29-30,36H,7,14,19-21H2,1-6H3. The van der Waals surface area contributed by atoms with Crippen molar-refractivity contribution in [3.63, 3.8) is 0 Å². The highest BCUT2D eigenvalue weighted by molar-refractivity contribution is 5.87. The van der Waals surface area contributed by atoms with Crippen molar-refractivity contribution in [1.82, 2.24) is 9.80 Å². The summed E-state index contributed by atoms with van der Waals surface area (Å²) in [5.41, 5.74) is 7.12. The third kappa shape index (κ3) is 4.69. The lowest BCUT2D eigenvalue weighted by molar-refractivity contribution is -0.169. The smallest absolute Gasteiger partial charge is 0.330 e. The minimum atomic E-state index is -0.350. The van der Waals surface area contributed by atoms with Crippen LogP contribution in [0.4, 0.5) is 0 Å². The van der Waals surface area contributed by atoms with Gasteiger partial charge in [0.2, 0.25) is 0 Å². The summed E-state index contributed by atoms with van der Waals surface area (Å²) in [6.45, 7) is 5.63. The molecule has 7 rings (SSSR count). The molecule has 4 aliphatic heterocycles. The molecular formula is C37H42N2O6. The van der Waals surface area contributed by atoms with Crippen LogP contribution in [0.5, 0.6) is 23.0 Å². The van der Waals surface area contributed by atoms with Crippen molar-refractivity contribution < 1.29 is 28.5 Å². The Hall–Kier alpha value is -4.01. The SMILES string of the molecule is CCc1ccc(C=CC(=O)OCC2c3cc(OC)c(OC)cc3CC3C4c5cc(OC)c(OC)cc5C5(C)CC(CN23)N45)cc1. The Kier molecular flexibility index (Phi) is 7.53. The van der Waals surface area contributed by atoms with Crippen molar-refractivity contribution in [2.45, 2.75) is 62.8 Å². The van der Waals surface area contributed by atoms with E-state index < -0.39 is 0 Å². The quantitative estimate of drug-likeness (QED) is 0.220. The molecule has 4 heterocycles. The number of rotatable bonds is 9. The van der Waals surface area contributed by atoms with Crippen LogP contribution in [-0.4, -0.2) is 69.4 Å². The first-order valence-electron chi connectivity index (χ1n) is 15.8. The zero-order valence-corrected chi connectivity index (χ0v) is 27.0. The summed E-state index contributed by atoms with van der Waals surface area (Å²) < 4.78 is 29.0. The van der Waals surface area contributed by atoms with Crippen molar-refractivity contribution in [3.8, 4) is 23.0 Å². The number of aryl methyl sites for hydroxylation is 1. The summed E-state index contributed by atoms with van der Waals surface area (Å²) in [5.74, 6) is 2.55. The highest BCUT2D eigenvalue weighted by Crippen LogP contribution is 2.63. The van der Waals surface area contributed by atoms with Crippen LogP contribution >= 0.6 is 0 Å². The number of carbonyl (C=O) groups is 1. The van der Waals surface area contributed by atoms with E-state index in [0.717, 1.165) is 48.4 Å². The molecule has 8 heteroatoms. The Morgan fingerprint density at radius 2 is 1.56 bits per heavy atom. The van der Waals surface area contributed by atoms with E-state index in [0.29, 0.717) is 17.5 Å². The predicted octanol–water partition coefficient (Wildman–Crippen LogP) is 5.87. The fourth-order valence-electron chi connectivity index (χ4n) is 8.44. The first-order valence-corrected chi connectivity index (χ1v) is 15.8. The van der Waals surface area contributed by atoms with Crippen molar-refractivity contribution in [3.05, 3.63) is 88.0 Å². The van der Waals surface area contributed by atoms with Crippen molar-refractivity contribution in [1.29, 1.82) is 0 Å². The number of fused-ring (bicyclic) bond motifs is 6. The Morgan fingerprint density at radius 1 is 0.911 bits per heavy atom. The van der Waals surface area contributed by atoms with E-state index >= 15 is 0 Å². The van der Waals surface area contributed by atoms with Gasteiger partial charge in [-0.25, -0.2) is 4.79 Å². The summed E-state index contributed by atoms with van der Waals surface area (Å²) in [6.07, 6.45) is 6.22. The van der Waals surface area contributed by atoms with Crippen LogP contribution in [-0.2, 0) is 27.9 Å². The number of benzene rings is 3. The van der Waals surface area contributed by atoms with E-state index in [4.69, 9.17) is 23.7 Å². The summed E-state index contributed by atoms with van der Waals surface area (Å²) in [4.78, 5) is 18.3. The molecule has 0 amide bonds. The van der Waals surface area contributed by atoms with Crippen LogP contribution in [0, 0.1) is 0 Å². The molecule has 2 saturated heterocycles. The molecule has 0 bridgehead atoms. The third-order valence-electron chi connectivity index (χ3n) is 10.6. The number of esters is 1. The Balaban J connectivity index is 1.23. The second kappa shape index (κ2) is 11.4. The molecule has 3 aromatic carbocycles. The number of ether oxygens (including phenoxy) is 5. The Morgan fingerprint density at radius 3 is 2.22 bits per heavy atom. The van der Waals surface area contributed by atoms with Gasteiger partial charge in [-0.2, -0.15) is 0 Å². The highest BCUT2D eigenvalue weighted by Gasteiger charge is 2.64. The number of carbonyl (C=O) groups excluding carboxylic acids is 1. The second-order valence-electron chi connectivity index (χ2n) is 12.7. The molecule has 8 nitrogen and oxygen atoms in total. The number of methoxy groups -OCH3 is 4. The van der Waals surface area contributed by atoms with Crippen molar-refractivity contribution >= 4 is 12.0 Å². The molecule has 4 aliphatic rings. The normalized spacial score (nSPS) is 26.3. The average Bonchev–Trinajstić information content (AvgIpc) is 3.28. The molecule has 5 atom stereocenters. The zero-order valence-electron chi connectivity index (χ0n) is 27.0. The molecule has 0 spiro atoms. The van der Waals surface area contributed by atoms with Crippen LogP contribution < -0.4 is 18.9 Å². The maximum absolute atomic E-state index is 13.1. The summed E-state index contributed by atoms with van der Waals surface area (Å²) in [7, 11) is 6.72. The van der Waals surface area contributed by atoms with Gasteiger partial charge in [-0.3, -0.25) is 9.80 Å². The van der Waals surface area contributed by atoms with E-state index in [1.807, 2.05) is 18.2 Å². The first-order chi connectivity index (χ1) is 21.8. The molecule has 236 valence electrons. The molecule has 3 aromatic rings. The molecule has 0 saturated carbocycles. The fraction of sp³-hybridized carbons (Fsp3) is 0.432. The zero-order chi connectivity index (χ0) is 31.5. The average molecular weight is 611 g/mol. The van der Waals surface area contributed by atoms with Crippen LogP contribution in [0.2, 0.25) is 0 Å². The molecule has 0 aromatic heterocycles. The van der Waals surface area contributed by atoms with Crippen molar-refractivity contribution in [2.24, 2.45) is 0 Å². The van der Waals surface area contributed by atoms with Crippen LogP contribution in [0.25, 0.3) is 6.08 Å². The van der Waals surface area contributed by atoms with E-state index in [1.165, 1.54) is 28.3 Å². The summed E-state index contributed by atoms with van der Waals surface area (Å²) in [5, 5.41) is 0. The Bertz CT molecular complexity index is 1650. The first kappa shape index (κ1) is 29.7. The number of hydrogen-bond donors (Lipinski definition) is 0. The lowest BCUT2D eigenvalue weighted by atomic mass is 9.74. The van der Waals surface area contributed by atoms with E-state index in [9.17, 15) is 4.79 Å². The van der Waals surface area contributed by atoms with Crippen LogP contribution in [0.15, 0.2) is 54.6 Å². The predicted molar refractivity (Wildman–Crippen MR) is 172 cm³/mol. The van der Waals surface area contributed by atoms with Gasteiger partial charge in [0, 0.05) is 30.2 Å². The van der Waals surface area contributed by atoms with E-state index in [2.05, 4.69) is 60.0 Å². The minimum absolute atomic E-state index is 0.0454. The largest absolute Gasteiger partial charge is 0.493 e. The number of hydrogen-bond acceptors (Lipinski definition) is 8. The van der Waals surface area contributed by atoms with Crippen molar-refractivity contribution in [2.75, 3.05) is 41.6 Å². The Labute approximate surface area is 265 Å². The molecule has 0 aliphatic carbocycles. The number of nitrogens with zero attached hydrogens (tertiary/aromatic N) is 2. The molecule has 0 N–H and O–H groups in total. The monoisotopic (exact) mass is 610 g/mol. The van der Waals surface area contributed by atoms with Gasteiger partial charge in [0.05, 0.1) is 40.5 Å². The summed E-state index contributed by atoms with van der Waals surface area (Å²) >= 11 is 0. The number of piperazine rings is 1. The molecule has 45 heavy (non-hydrogen) atoms. The fourth-order valence-corrected chi connectivity index (χ4v) is 8.44. The highest BCUT2D eigenvalue weighted by atomic mass is 16.5. The van der Waals surface area contributed by atoms with Gasteiger partial charge in [0.25, 0.3) is 0 Å². The maximum atomic E-state index is 13.1. The lowest BCUT2D eigenvalue weighted by Gasteiger charge is -2.64. The van der Waals surface area contributed by atoms with Gasteiger partial charge >= 0.3 is 5.97 Å². The topological polar surface area (TPSA) is 69.7 Å². The third-order valence-corrected chi connectivity index (χ3v) is 10.6. The molecular weight excluding hydrogens is 568 g/mol. The minimum Gasteiger partial charge on any atom is -0.493 e. The van der Waals surface area contributed by atoms with E-state index in [-0.39, 0.29) is 36.2 Å². The van der Waals surface area contributed by atoms with Gasteiger partial charge in [-0.1, -0.05) is 31.2 Å². The van der Waals surface area contributed by atoms with Gasteiger partial charge < -0.3 is 23.7 Å². The molecule has 5 unspecified atom stereocenters. The summed E-state index contributed by atoms with van der Waals surface area (Å²) in [6, 6.07) is 17.4. The van der Waals surface area contributed by atoms with Crippen LogP contribution in [0.3, 0.4) is 0 Å². The van der Waals surface area contributed by atoms with Gasteiger partial charge in [0.15, 0.2) is 23.0 Å². The molecule has 2 fully saturated rings. The van der Waals surface area contributed by atoms with Gasteiger partial charge in [0.1, 0.15) is 6.61 Å². The maximum Gasteiger partial charge on any atom is 0.330 e. The van der Waals surface area contributed by atoms with Crippen LogP contribution in [0.1, 0.15) is 65.7 Å². The lowest BCUT2D eigenvalue weighted by Crippen LogP contribution is -2.71. The van der Waals surface area contributed by atoms with Gasteiger partial charge in [-0.15, -0.1) is 0 Å². The second-order valence-corrected chi connectivity index (χ2v) is 12.7. The van der Waals surface area contributed by atoms with E-state index in [1.54, 1.807) is 28.4 Å². The molecule has 0 radical (unpaired) electrons. The van der Waals surface area contributed by atoms with Gasteiger partial charge in [-0.05, 0) is 89.9 Å².